The van der Waals surface area contributed by atoms with Crippen LogP contribution in [0.1, 0.15) is 26.7 Å². The summed E-state index contributed by atoms with van der Waals surface area (Å²) in [6, 6.07) is 5.46. The average molecular weight is 448 g/mol. The Morgan fingerprint density at radius 1 is 1.16 bits per heavy atom. The molecule has 0 fully saturated rings. The first-order valence-electron chi connectivity index (χ1n) is 10.4. The topological polar surface area (TPSA) is 117 Å². The lowest BCUT2D eigenvalue weighted by Gasteiger charge is -2.24. The van der Waals surface area contributed by atoms with Crippen molar-refractivity contribution in [2.45, 2.75) is 45.3 Å². The van der Waals surface area contributed by atoms with Crippen LogP contribution in [-0.4, -0.2) is 63.2 Å². The molecule has 0 aliphatic carbocycles. The van der Waals surface area contributed by atoms with E-state index in [0.717, 1.165) is 11.0 Å². The quantitative estimate of drug-likeness (QED) is 0.543. The summed E-state index contributed by atoms with van der Waals surface area (Å²) in [6.07, 6.45) is 2.63. The van der Waals surface area contributed by atoms with Crippen LogP contribution in [0.15, 0.2) is 24.3 Å². The first-order valence-corrected chi connectivity index (χ1v) is 11.8. The van der Waals surface area contributed by atoms with Crippen molar-refractivity contribution in [1.82, 2.24) is 20.2 Å². The molecule has 0 saturated heterocycles. The number of rotatable bonds is 9. The van der Waals surface area contributed by atoms with Crippen LogP contribution >= 0.6 is 11.8 Å². The van der Waals surface area contributed by atoms with Crippen LogP contribution in [0, 0.1) is 5.92 Å². The van der Waals surface area contributed by atoms with Crippen molar-refractivity contribution in [2.24, 2.45) is 5.92 Å². The molecule has 0 unspecified atom stereocenters. The molecule has 1 aliphatic rings. The second kappa shape index (κ2) is 10.0. The molecule has 10 heteroatoms. The number of carboxylic acids is 1. The van der Waals surface area contributed by atoms with Gasteiger partial charge in [0.1, 0.15) is 12.1 Å². The molecule has 0 spiro atoms. The van der Waals surface area contributed by atoms with E-state index in [1.165, 1.54) is 4.90 Å². The predicted octanol–water partition coefficient (Wildman–Crippen LogP) is 2.30. The van der Waals surface area contributed by atoms with Crippen molar-refractivity contribution in [3.05, 3.63) is 24.3 Å². The Hall–Kier alpha value is -2.75. The van der Waals surface area contributed by atoms with Gasteiger partial charge in [-0.2, -0.15) is 11.8 Å². The third-order valence-electron chi connectivity index (χ3n) is 5.21. The van der Waals surface area contributed by atoms with Gasteiger partial charge < -0.3 is 20.3 Å². The van der Waals surface area contributed by atoms with Crippen molar-refractivity contribution in [2.75, 3.05) is 23.5 Å². The molecule has 2 heterocycles. The molecule has 31 heavy (non-hydrogen) atoms. The Morgan fingerprint density at radius 2 is 1.90 bits per heavy atom. The Labute approximate surface area is 185 Å². The number of anilines is 1. The second-order valence-corrected chi connectivity index (χ2v) is 9.00. The van der Waals surface area contributed by atoms with Crippen molar-refractivity contribution in [1.29, 1.82) is 0 Å². The fourth-order valence-corrected chi connectivity index (χ4v) is 4.15. The number of fused-ring (bicyclic) bond motifs is 3. The lowest BCUT2D eigenvalue weighted by atomic mass is 10.0. The molecule has 1 aliphatic heterocycles. The van der Waals surface area contributed by atoms with Gasteiger partial charge in [0.05, 0.1) is 11.0 Å². The van der Waals surface area contributed by atoms with Gasteiger partial charge in [-0.3, -0.25) is 9.69 Å². The molecule has 3 amide bonds. The molecule has 0 bridgehead atoms. The van der Waals surface area contributed by atoms with Gasteiger partial charge in [0, 0.05) is 13.1 Å². The maximum atomic E-state index is 13.0. The highest BCUT2D eigenvalue weighted by atomic mass is 32.2. The zero-order valence-electron chi connectivity index (χ0n) is 18.0. The van der Waals surface area contributed by atoms with Crippen molar-refractivity contribution in [3.8, 4) is 0 Å². The molecular formula is C21H29N5O4S. The average Bonchev–Trinajstić information content (AvgIpc) is 3.29. The highest BCUT2D eigenvalue weighted by Gasteiger charge is 2.32. The number of carbonyl (C=O) groups excluding carboxylic acids is 2. The fourth-order valence-electron chi connectivity index (χ4n) is 3.68. The smallest absolute Gasteiger partial charge is 0.326 e. The number of nitrogens with one attached hydrogen (secondary N) is 2. The third kappa shape index (κ3) is 5.30. The van der Waals surface area contributed by atoms with E-state index >= 15 is 0 Å². The van der Waals surface area contributed by atoms with Crippen LogP contribution in [0.5, 0.6) is 0 Å². The van der Waals surface area contributed by atoms with Gasteiger partial charge in [-0.1, -0.05) is 26.0 Å². The Kier molecular flexibility index (Phi) is 7.42. The number of benzene rings is 1. The second-order valence-electron chi connectivity index (χ2n) is 8.02. The maximum Gasteiger partial charge on any atom is 0.326 e. The van der Waals surface area contributed by atoms with Gasteiger partial charge >= 0.3 is 12.0 Å². The van der Waals surface area contributed by atoms with Crippen molar-refractivity contribution in [3.63, 3.8) is 0 Å². The molecule has 9 nitrogen and oxygen atoms in total. The van der Waals surface area contributed by atoms with Gasteiger partial charge in [0.15, 0.2) is 0 Å². The number of carboxylic acid groups (broad SMARTS) is 1. The van der Waals surface area contributed by atoms with Crippen LogP contribution in [0.2, 0.25) is 0 Å². The molecule has 3 N–H and O–H groups in total. The van der Waals surface area contributed by atoms with Gasteiger partial charge in [0.2, 0.25) is 11.9 Å². The van der Waals surface area contributed by atoms with Gasteiger partial charge in [-0.15, -0.1) is 0 Å². The summed E-state index contributed by atoms with van der Waals surface area (Å²) in [5.74, 6) is -0.253. The summed E-state index contributed by atoms with van der Waals surface area (Å²) in [6.45, 7) is 4.88. The van der Waals surface area contributed by atoms with Crippen LogP contribution < -0.4 is 15.5 Å². The minimum atomic E-state index is -1.08. The van der Waals surface area contributed by atoms with Gasteiger partial charge in [-0.05, 0) is 42.9 Å². The number of hydrogen-bond acceptors (Lipinski definition) is 5. The molecule has 2 atom stereocenters. The van der Waals surface area contributed by atoms with E-state index in [9.17, 15) is 19.5 Å². The SMILES string of the molecule is CSCC[C@H](NC(=O)N1CCn2c1nc1ccccc12)C(=O)N[C@@H](CC(C)C)C(=O)O. The Balaban J connectivity index is 1.73. The normalized spacial score (nSPS) is 15.0. The molecule has 1 aromatic carbocycles. The molecule has 2 aromatic rings. The van der Waals surface area contributed by atoms with E-state index in [1.54, 1.807) is 11.8 Å². The zero-order chi connectivity index (χ0) is 22.5. The number of nitrogens with zero attached hydrogens (tertiary/aromatic N) is 3. The predicted molar refractivity (Wildman–Crippen MR) is 121 cm³/mol. The first kappa shape index (κ1) is 22.9. The number of aromatic nitrogens is 2. The van der Waals surface area contributed by atoms with Crippen LogP contribution in [0.4, 0.5) is 10.7 Å². The maximum absolute atomic E-state index is 13.0. The van der Waals surface area contributed by atoms with Crippen LogP contribution in [0.3, 0.4) is 0 Å². The van der Waals surface area contributed by atoms with Gasteiger partial charge in [-0.25, -0.2) is 14.6 Å². The number of thioether (sulfide) groups is 1. The summed E-state index contributed by atoms with van der Waals surface area (Å²) in [5, 5.41) is 14.8. The van der Waals surface area contributed by atoms with E-state index in [2.05, 4.69) is 15.6 Å². The standard InChI is InChI=1S/C21H29N5O4S/c1-13(2)12-16(19(28)29)22-18(27)15(8-11-31-3)24-21(30)26-10-9-25-17-7-5-4-6-14(17)23-20(25)26/h4-7,13,15-16H,8-12H2,1-3H3,(H,22,27)(H,24,30)(H,28,29)/t15-,16-/m0/s1. The van der Waals surface area contributed by atoms with E-state index < -0.39 is 30.0 Å². The Bertz CT molecular complexity index is 960. The molecular weight excluding hydrogens is 418 g/mol. The zero-order valence-corrected chi connectivity index (χ0v) is 18.8. The van der Waals surface area contributed by atoms with E-state index in [1.807, 2.05) is 48.9 Å². The summed E-state index contributed by atoms with van der Waals surface area (Å²) < 4.78 is 1.98. The summed E-state index contributed by atoms with van der Waals surface area (Å²) >= 11 is 1.56. The van der Waals surface area contributed by atoms with Crippen LogP contribution in [0.25, 0.3) is 11.0 Å². The third-order valence-corrected chi connectivity index (χ3v) is 5.86. The van der Waals surface area contributed by atoms with Gasteiger partial charge in [0.25, 0.3) is 0 Å². The highest BCUT2D eigenvalue weighted by Crippen LogP contribution is 2.27. The van der Waals surface area contributed by atoms with Crippen molar-refractivity contribution < 1.29 is 19.5 Å². The van der Waals surface area contributed by atoms with E-state index in [4.69, 9.17) is 0 Å². The summed E-state index contributed by atoms with van der Waals surface area (Å²) in [5.41, 5.74) is 1.77. The number of carbonyl (C=O) groups is 3. The molecule has 1 aromatic heterocycles. The fraction of sp³-hybridized carbons (Fsp3) is 0.524. The molecule has 3 rings (SSSR count). The summed E-state index contributed by atoms with van der Waals surface area (Å²) in [7, 11) is 0. The molecule has 0 radical (unpaired) electrons. The summed E-state index contributed by atoms with van der Waals surface area (Å²) in [4.78, 5) is 43.5. The monoisotopic (exact) mass is 447 g/mol. The van der Waals surface area contributed by atoms with Crippen molar-refractivity contribution >= 4 is 46.7 Å². The lowest BCUT2D eigenvalue weighted by molar-refractivity contribution is -0.142. The number of imidazole rings is 1. The van der Waals surface area contributed by atoms with Crippen LogP contribution in [-0.2, 0) is 16.1 Å². The first-order chi connectivity index (χ1) is 14.8. The number of urea groups is 1. The minimum Gasteiger partial charge on any atom is -0.480 e. The number of para-hydroxylation sites is 2. The molecule has 168 valence electrons. The minimum absolute atomic E-state index is 0.109. The number of aliphatic carboxylic acids is 1. The Morgan fingerprint density at radius 3 is 2.58 bits per heavy atom. The highest BCUT2D eigenvalue weighted by molar-refractivity contribution is 7.98. The largest absolute Gasteiger partial charge is 0.480 e. The van der Waals surface area contributed by atoms with E-state index in [0.29, 0.717) is 37.6 Å². The van der Waals surface area contributed by atoms with E-state index in [-0.39, 0.29) is 5.92 Å². The number of hydrogen-bond donors (Lipinski definition) is 3. The number of amides is 3. The lowest BCUT2D eigenvalue weighted by Crippen LogP contribution is -2.54. The molecule has 0 saturated carbocycles.